The van der Waals surface area contributed by atoms with Crippen molar-refractivity contribution in [1.82, 2.24) is 4.90 Å². The minimum absolute atomic E-state index is 0. The number of likely N-dealkylation sites (tertiary alicyclic amines) is 1. The molecule has 1 heterocycles. The minimum atomic E-state index is -0.924. The summed E-state index contributed by atoms with van der Waals surface area (Å²) in [6.07, 6.45) is 4.81. The monoisotopic (exact) mass is 193 g/mol. The van der Waals surface area contributed by atoms with Crippen LogP contribution < -0.4 is 34.7 Å². The summed E-state index contributed by atoms with van der Waals surface area (Å²) in [7, 11) is 0. The average molecular weight is 193 g/mol. The maximum absolute atomic E-state index is 10.1. The van der Waals surface area contributed by atoms with E-state index in [1.165, 1.54) is 19.3 Å². The van der Waals surface area contributed by atoms with Gasteiger partial charge in [-0.1, -0.05) is 6.42 Å². The average Bonchev–Trinajstić information content (AvgIpc) is 2.05. The molecule has 0 aromatic heterocycles. The fourth-order valence-electron chi connectivity index (χ4n) is 1.63. The van der Waals surface area contributed by atoms with Crippen LogP contribution in [0.1, 0.15) is 32.1 Å². The molecule has 1 aliphatic rings. The molecule has 1 rings (SSSR count). The molecule has 1 saturated heterocycles. The van der Waals surface area contributed by atoms with Crippen LogP contribution in [0.4, 0.5) is 0 Å². The van der Waals surface area contributed by atoms with Crippen molar-refractivity contribution < 1.29 is 39.5 Å². The van der Waals surface area contributed by atoms with Gasteiger partial charge in [-0.3, -0.25) is 0 Å². The van der Waals surface area contributed by atoms with Crippen LogP contribution in [0, 0.1) is 0 Å². The maximum atomic E-state index is 10.1. The largest absolute Gasteiger partial charge is 1.00 e. The van der Waals surface area contributed by atoms with E-state index in [0.717, 1.165) is 26.1 Å². The second-order valence-corrected chi connectivity index (χ2v) is 3.38. The third-order valence-corrected chi connectivity index (χ3v) is 2.30. The molecule has 1 aliphatic heterocycles. The molecule has 1 fully saturated rings. The number of aliphatic carboxylic acids is 1. The third-order valence-electron chi connectivity index (χ3n) is 2.30. The van der Waals surface area contributed by atoms with Crippen LogP contribution >= 0.6 is 0 Å². The van der Waals surface area contributed by atoms with Crippen molar-refractivity contribution in [2.24, 2.45) is 0 Å². The van der Waals surface area contributed by atoms with Crippen LogP contribution in [0.25, 0.3) is 0 Å². The molecule has 0 N–H and O–H groups in total. The number of nitrogens with zero attached hydrogens (tertiary/aromatic N) is 1. The molecule has 0 radical (unpaired) electrons. The Kier molecular flexibility index (Phi) is 8.06. The SMILES string of the molecule is O=C([O-])CCCN1CCCCC1.[Na+]. The van der Waals surface area contributed by atoms with Crippen LogP contribution in [0.2, 0.25) is 0 Å². The van der Waals surface area contributed by atoms with E-state index in [1.807, 2.05) is 0 Å². The van der Waals surface area contributed by atoms with E-state index < -0.39 is 5.97 Å². The van der Waals surface area contributed by atoms with Crippen molar-refractivity contribution in [3.05, 3.63) is 0 Å². The van der Waals surface area contributed by atoms with E-state index in [0.29, 0.717) is 0 Å². The molecule has 0 aromatic carbocycles. The standard InChI is InChI=1S/C9H17NO2.Na/c11-9(12)5-4-8-10-6-2-1-3-7-10;/h1-8H2,(H,11,12);/q;+1/p-1. The van der Waals surface area contributed by atoms with Gasteiger partial charge in [-0.15, -0.1) is 0 Å². The number of piperidine rings is 1. The first-order chi connectivity index (χ1) is 5.79. The van der Waals surface area contributed by atoms with Crippen LogP contribution in [0.3, 0.4) is 0 Å². The van der Waals surface area contributed by atoms with Gasteiger partial charge in [-0.2, -0.15) is 0 Å². The van der Waals surface area contributed by atoms with E-state index in [2.05, 4.69) is 4.90 Å². The Morgan fingerprint density at radius 3 is 2.38 bits per heavy atom. The molecular formula is C9H16NNaO2. The number of carboxylic acid groups (broad SMARTS) is 1. The topological polar surface area (TPSA) is 43.4 Å². The predicted octanol–water partition coefficient (Wildman–Crippen LogP) is -2.99. The third kappa shape index (κ3) is 6.49. The number of rotatable bonds is 4. The molecule has 0 aliphatic carbocycles. The normalized spacial score (nSPS) is 17.8. The van der Waals surface area contributed by atoms with Crippen molar-refractivity contribution in [2.45, 2.75) is 32.1 Å². The summed E-state index contributed by atoms with van der Waals surface area (Å²) in [5.74, 6) is -0.924. The van der Waals surface area contributed by atoms with Crippen molar-refractivity contribution in [1.29, 1.82) is 0 Å². The Hall–Kier alpha value is 0.430. The van der Waals surface area contributed by atoms with Gasteiger partial charge in [0.1, 0.15) is 0 Å². The van der Waals surface area contributed by atoms with Gasteiger partial charge in [0.05, 0.1) is 0 Å². The molecule has 0 saturated carbocycles. The van der Waals surface area contributed by atoms with Crippen LogP contribution in [0.5, 0.6) is 0 Å². The molecule has 70 valence electrons. The van der Waals surface area contributed by atoms with Gasteiger partial charge in [-0.25, -0.2) is 0 Å². The van der Waals surface area contributed by atoms with E-state index in [1.54, 1.807) is 0 Å². The van der Waals surface area contributed by atoms with Crippen molar-refractivity contribution in [3.8, 4) is 0 Å². The number of carboxylic acids is 1. The molecule has 4 heteroatoms. The Balaban J connectivity index is 0.00000144. The van der Waals surface area contributed by atoms with Crippen molar-refractivity contribution >= 4 is 5.97 Å². The van der Waals surface area contributed by atoms with E-state index in [4.69, 9.17) is 0 Å². The number of hydrogen-bond acceptors (Lipinski definition) is 3. The summed E-state index contributed by atoms with van der Waals surface area (Å²) in [5.41, 5.74) is 0. The molecule has 0 unspecified atom stereocenters. The summed E-state index contributed by atoms with van der Waals surface area (Å²) >= 11 is 0. The molecule has 0 spiro atoms. The zero-order valence-corrected chi connectivity index (χ0v) is 10.4. The zero-order chi connectivity index (χ0) is 8.81. The predicted molar refractivity (Wildman–Crippen MR) is 44.5 cm³/mol. The van der Waals surface area contributed by atoms with Gasteiger partial charge < -0.3 is 14.8 Å². The van der Waals surface area contributed by atoms with E-state index in [9.17, 15) is 9.90 Å². The van der Waals surface area contributed by atoms with Gasteiger partial charge in [-0.05, 0) is 45.3 Å². The molecule has 3 nitrogen and oxygen atoms in total. The molecular weight excluding hydrogens is 177 g/mol. The molecule has 13 heavy (non-hydrogen) atoms. The van der Waals surface area contributed by atoms with Gasteiger partial charge in [0.15, 0.2) is 0 Å². The van der Waals surface area contributed by atoms with E-state index in [-0.39, 0.29) is 36.0 Å². The van der Waals surface area contributed by atoms with Crippen LogP contribution in [-0.4, -0.2) is 30.5 Å². The summed E-state index contributed by atoms with van der Waals surface area (Å²) in [5, 5.41) is 10.1. The first kappa shape index (κ1) is 13.4. The van der Waals surface area contributed by atoms with Gasteiger partial charge >= 0.3 is 29.6 Å². The molecule has 0 aromatic rings. The summed E-state index contributed by atoms with van der Waals surface area (Å²) < 4.78 is 0. The number of hydrogen-bond donors (Lipinski definition) is 0. The second kappa shape index (κ2) is 7.80. The van der Waals surface area contributed by atoms with Gasteiger partial charge in [0.2, 0.25) is 0 Å². The molecule has 0 amide bonds. The zero-order valence-electron chi connectivity index (χ0n) is 8.42. The van der Waals surface area contributed by atoms with Crippen molar-refractivity contribution in [3.63, 3.8) is 0 Å². The second-order valence-electron chi connectivity index (χ2n) is 3.38. The number of carbonyl (C=O) groups excluding carboxylic acids is 1. The summed E-state index contributed by atoms with van der Waals surface area (Å²) in [4.78, 5) is 12.5. The molecule has 0 bridgehead atoms. The summed E-state index contributed by atoms with van der Waals surface area (Å²) in [6.45, 7) is 3.22. The van der Waals surface area contributed by atoms with Crippen LogP contribution in [0.15, 0.2) is 0 Å². The Morgan fingerprint density at radius 2 is 1.85 bits per heavy atom. The van der Waals surface area contributed by atoms with Crippen LogP contribution in [-0.2, 0) is 4.79 Å². The molecule has 0 atom stereocenters. The van der Waals surface area contributed by atoms with E-state index >= 15 is 0 Å². The fraction of sp³-hybridized carbons (Fsp3) is 0.889. The van der Waals surface area contributed by atoms with Gasteiger partial charge in [0, 0.05) is 5.97 Å². The first-order valence-corrected chi connectivity index (χ1v) is 4.71. The quantitative estimate of drug-likeness (QED) is 0.447. The fourth-order valence-corrected chi connectivity index (χ4v) is 1.63. The smallest absolute Gasteiger partial charge is 0.550 e. The minimum Gasteiger partial charge on any atom is -0.550 e. The Morgan fingerprint density at radius 1 is 1.23 bits per heavy atom. The Labute approximate surface area is 102 Å². The maximum Gasteiger partial charge on any atom is 1.00 e. The van der Waals surface area contributed by atoms with Crippen molar-refractivity contribution in [2.75, 3.05) is 19.6 Å². The number of carbonyl (C=O) groups is 1. The summed E-state index contributed by atoms with van der Waals surface area (Å²) in [6, 6.07) is 0. The first-order valence-electron chi connectivity index (χ1n) is 4.71. The van der Waals surface area contributed by atoms with Gasteiger partial charge in [0.25, 0.3) is 0 Å². The Bertz CT molecular complexity index is 147.